The van der Waals surface area contributed by atoms with Gasteiger partial charge in [0, 0.05) is 0 Å². The van der Waals surface area contributed by atoms with Gasteiger partial charge in [0.25, 0.3) is 5.91 Å². The molecule has 2 aromatic rings. The van der Waals surface area contributed by atoms with Gasteiger partial charge in [0.1, 0.15) is 5.75 Å². The summed E-state index contributed by atoms with van der Waals surface area (Å²) >= 11 is 0. The van der Waals surface area contributed by atoms with E-state index in [0.29, 0.717) is 21.9 Å². The number of anilines is 1. The first-order chi connectivity index (χ1) is 10.6. The van der Waals surface area contributed by atoms with Gasteiger partial charge in [-0.3, -0.25) is 9.00 Å². The lowest BCUT2D eigenvalue weighted by Gasteiger charge is -2.19. The largest absolute Gasteiger partial charge is 0.497 e. The molecule has 1 aliphatic rings. The number of hydrogen-bond donors (Lipinski definition) is 2. The summed E-state index contributed by atoms with van der Waals surface area (Å²) in [7, 11) is -0.00184. The van der Waals surface area contributed by atoms with Crippen LogP contribution >= 0.6 is 0 Å². The maximum atomic E-state index is 12.9. The first-order valence-electron chi connectivity index (χ1n) is 6.74. The zero-order valence-corrected chi connectivity index (χ0v) is 12.7. The number of aliphatic hydroxyl groups is 1. The van der Waals surface area contributed by atoms with Crippen LogP contribution in [0.15, 0.2) is 53.4 Å². The van der Waals surface area contributed by atoms with E-state index in [9.17, 15) is 14.1 Å². The molecule has 1 heterocycles. The van der Waals surface area contributed by atoms with Crippen LogP contribution in [-0.4, -0.2) is 28.4 Å². The summed E-state index contributed by atoms with van der Waals surface area (Å²) in [4.78, 5) is 12.6. The molecule has 1 aliphatic heterocycles. The molecule has 0 aliphatic carbocycles. The first kappa shape index (κ1) is 14.7. The maximum Gasteiger partial charge on any atom is 0.254 e. The number of rotatable bonds is 2. The molecule has 3 atom stereocenters. The normalized spacial score (nSPS) is 24.1. The summed E-state index contributed by atoms with van der Waals surface area (Å²) in [6, 6.07) is 13.7. The molecule has 2 aromatic carbocycles. The topological polar surface area (TPSA) is 75.6 Å². The van der Waals surface area contributed by atoms with Gasteiger partial charge in [-0.05, 0) is 29.8 Å². The van der Waals surface area contributed by atoms with E-state index in [4.69, 9.17) is 4.74 Å². The fourth-order valence-electron chi connectivity index (χ4n) is 2.44. The van der Waals surface area contributed by atoms with Crippen molar-refractivity contribution in [2.75, 3.05) is 12.4 Å². The predicted molar refractivity (Wildman–Crippen MR) is 83.2 cm³/mol. The van der Waals surface area contributed by atoms with Gasteiger partial charge in [0.05, 0.1) is 33.7 Å². The van der Waals surface area contributed by atoms with Gasteiger partial charge < -0.3 is 15.2 Å². The van der Waals surface area contributed by atoms with E-state index < -0.39 is 28.1 Å². The Morgan fingerprint density at radius 2 is 1.82 bits per heavy atom. The SMILES string of the molecule is COc1ccc([C@H]2[C@H](O)C(=O)Nc3ccccc3S2=O)cc1. The number of amides is 1. The number of carbonyl (C=O) groups is 1. The number of nitrogens with one attached hydrogen (secondary N) is 1. The number of carbonyl (C=O) groups excluding carboxylic acids is 1. The Morgan fingerprint density at radius 3 is 2.50 bits per heavy atom. The molecule has 0 saturated heterocycles. The second-order valence-corrected chi connectivity index (χ2v) is 6.46. The predicted octanol–water partition coefficient (Wildman–Crippen LogP) is 1.86. The summed E-state index contributed by atoms with van der Waals surface area (Å²) in [5, 5.41) is 12.1. The molecule has 5 nitrogen and oxygen atoms in total. The summed E-state index contributed by atoms with van der Waals surface area (Å²) in [5.41, 5.74) is 1.10. The number of hydrogen-bond acceptors (Lipinski definition) is 4. The van der Waals surface area contributed by atoms with Crippen molar-refractivity contribution >= 4 is 22.4 Å². The summed E-state index contributed by atoms with van der Waals surface area (Å²) < 4.78 is 18.0. The molecule has 2 N–H and O–H groups in total. The van der Waals surface area contributed by atoms with Gasteiger partial charge in [-0.25, -0.2) is 0 Å². The molecule has 114 valence electrons. The highest BCUT2D eigenvalue weighted by Gasteiger charge is 2.37. The fraction of sp³-hybridized carbons (Fsp3) is 0.188. The zero-order chi connectivity index (χ0) is 15.7. The van der Waals surface area contributed by atoms with Crippen LogP contribution in [0.2, 0.25) is 0 Å². The van der Waals surface area contributed by atoms with Crippen molar-refractivity contribution in [2.45, 2.75) is 16.2 Å². The van der Waals surface area contributed by atoms with Crippen molar-refractivity contribution < 1.29 is 18.8 Å². The lowest BCUT2D eigenvalue weighted by Crippen LogP contribution is -2.32. The molecular weight excluding hydrogens is 302 g/mol. The lowest BCUT2D eigenvalue weighted by atomic mass is 10.1. The highest BCUT2D eigenvalue weighted by Crippen LogP contribution is 2.35. The molecule has 1 unspecified atom stereocenters. The van der Waals surface area contributed by atoms with Crippen LogP contribution in [0.5, 0.6) is 5.75 Å². The van der Waals surface area contributed by atoms with E-state index >= 15 is 0 Å². The average Bonchev–Trinajstić information content (AvgIpc) is 2.64. The quantitative estimate of drug-likeness (QED) is 0.886. The van der Waals surface area contributed by atoms with Crippen LogP contribution in [0.4, 0.5) is 5.69 Å². The van der Waals surface area contributed by atoms with Crippen molar-refractivity contribution in [2.24, 2.45) is 0 Å². The van der Waals surface area contributed by atoms with Crippen molar-refractivity contribution in [1.82, 2.24) is 0 Å². The van der Waals surface area contributed by atoms with Crippen LogP contribution in [0.25, 0.3) is 0 Å². The van der Waals surface area contributed by atoms with Gasteiger partial charge >= 0.3 is 0 Å². The van der Waals surface area contributed by atoms with Crippen LogP contribution in [0, 0.1) is 0 Å². The zero-order valence-electron chi connectivity index (χ0n) is 11.9. The number of fused-ring (bicyclic) bond motifs is 1. The van der Waals surface area contributed by atoms with Crippen molar-refractivity contribution in [3.8, 4) is 5.75 Å². The second kappa shape index (κ2) is 5.90. The van der Waals surface area contributed by atoms with Gasteiger partial charge in [0.2, 0.25) is 0 Å². The monoisotopic (exact) mass is 317 g/mol. The summed E-state index contributed by atoms with van der Waals surface area (Å²) in [6.07, 6.45) is -1.39. The Labute approximate surface area is 130 Å². The summed E-state index contributed by atoms with van der Waals surface area (Å²) in [5.74, 6) is 0.0987. The van der Waals surface area contributed by atoms with Crippen molar-refractivity contribution in [1.29, 1.82) is 0 Å². The third kappa shape index (κ3) is 2.51. The lowest BCUT2D eigenvalue weighted by molar-refractivity contribution is -0.124. The number of benzene rings is 2. The second-order valence-electron chi connectivity index (χ2n) is 4.92. The molecule has 6 heteroatoms. The molecular formula is C16H15NO4S. The highest BCUT2D eigenvalue weighted by atomic mass is 32.2. The van der Waals surface area contributed by atoms with Crippen molar-refractivity contribution in [3.05, 3.63) is 54.1 Å². The van der Waals surface area contributed by atoms with E-state index in [-0.39, 0.29) is 0 Å². The minimum Gasteiger partial charge on any atom is -0.497 e. The van der Waals surface area contributed by atoms with Crippen LogP contribution in [0.3, 0.4) is 0 Å². The molecule has 1 amide bonds. The Balaban J connectivity index is 2.08. The van der Waals surface area contributed by atoms with Crippen LogP contribution in [0.1, 0.15) is 10.8 Å². The molecule has 0 fully saturated rings. The number of aliphatic hydroxyl groups excluding tert-OH is 1. The smallest absolute Gasteiger partial charge is 0.254 e. The van der Waals surface area contributed by atoms with E-state index in [0.717, 1.165) is 0 Å². The molecule has 22 heavy (non-hydrogen) atoms. The average molecular weight is 317 g/mol. The Kier molecular flexibility index (Phi) is 3.96. The molecule has 0 radical (unpaired) electrons. The van der Waals surface area contributed by atoms with E-state index in [1.807, 2.05) is 0 Å². The molecule has 0 saturated carbocycles. The van der Waals surface area contributed by atoms with E-state index in [1.54, 1.807) is 55.6 Å². The maximum absolute atomic E-state index is 12.9. The molecule has 3 rings (SSSR count). The van der Waals surface area contributed by atoms with E-state index in [1.165, 1.54) is 0 Å². The Morgan fingerprint density at radius 1 is 1.14 bits per heavy atom. The Hall–Kier alpha value is -2.18. The van der Waals surface area contributed by atoms with Crippen molar-refractivity contribution in [3.63, 3.8) is 0 Å². The number of methoxy groups -OCH3 is 1. The molecule has 0 aromatic heterocycles. The van der Waals surface area contributed by atoms with Gasteiger partial charge in [-0.1, -0.05) is 24.3 Å². The van der Waals surface area contributed by atoms with Gasteiger partial charge in [0.15, 0.2) is 6.10 Å². The Bertz CT molecular complexity index is 729. The number of para-hydroxylation sites is 1. The fourth-order valence-corrected chi connectivity index (χ4v) is 4.03. The molecule has 0 bridgehead atoms. The minimum absolute atomic E-state index is 0.473. The van der Waals surface area contributed by atoms with Gasteiger partial charge in [-0.15, -0.1) is 0 Å². The van der Waals surface area contributed by atoms with Gasteiger partial charge in [-0.2, -0.15) is 0 Å². The van der Waals surface area contributed by atoms with E-state index in [2.05, 4.69) is 5.32 Å². The third-order valence-electron chi connectivity index (χ3n) is 3.59. The third-order valence-corrected chi connectivity index (χ3v) is 5.37. The summed E-state index contributed by atoms with van der Waals surface area (Å²) in [6.45, 7) is 0. The number of ether oxygens (including phenoxy) is 1. The minimum atomic E-state index is -1.55. The van der Waals surface area contributed by atoms with Crippen LogP contribution in [-0.2, 0) is 15.6 Å². The standard InChI is InChI=1S/C16H15NO4S/c1-21-11-8-6-10(7-9-11)15-14(18)16(19)17-12-4-2-3-5-13(12)22(15)20/h2-9,14-15,18H,1H3,(H,17,19)/t14-,15-,22?/m0/s1. The molecule has 0 spiro atoms. The first-order valence-corrected chi connectivity index (χ1v) is 7.95. The van der Waals surface area contributed by atoms with Crippen LogP contribution < -0.4 is 10.1 Å². The highest BCUT2D eigenvalue weighted by molar-refractivity contribution is 7.85.